The van der Waals surface area contributed by atoms with Crippen LogP contribution in [0.25, 0.3) is 0 Å². The van der Waals surface area contributed by atoms with Gasteiger partial charge in [0, 0.05) is 31.6 Å². The molecule has 2 aliphatic heterocycles. The van der Waals surface area contributed by atoms with E-state index in [-0.39, 0.29) is 17.6 Å². The first-order chi connectivity index (χ1) is 13.0. The van der Waals surface area contributed by atoms with Crippen LogP contribution < -0.4 is 0 Å². The zero-order chi connectivity index (χ0) is 19.0. The van der Waals surface area contributed by atoms with Gasteiger partial charge in [0.15, 0.2) is 0 Å². The number of aryl methyl sites for hydroxylation is 2. The maximum Gasteiger partial charge on any atom is 0.254 e. The van der Waals surface area contributed by atoms with E-state index in [1.165, 1.54) is 6.07 Å². The van der Waals surface area contributed by atoms with Gasteiger partial charge in [-0.3, -0.25) is 9.59 Å². The minimum absolute atomic E-state index is 0.161. The molecule has 6 nitrogen and oxygen atoms in total. The molecule has 0 spiro atoms. The van der Waals surface area contributed by atoms with Crippen molar-refractivity contribution in [1.29, 1.82) is 0 Å². The number of likely N-dealkylation sites (tertiary alicyclic amines) is 1. The Kier molecular flexibility index (Phi) is 4.68. The lowest BCUT2D eigenvalue weighted by atomic mass is 10.1. The molecular formula is C20H23FN4O2. The fourth-order valence-corrected chi connectivity index (χ4v) is 3.78. The Labute approximate surface area is 157 Å². The Morgan fingerprint density at radius 3 is 2.81 bits per heavy atom. The number of imidazole rings is 1. The van der Waals surface area contributed by atoms with Crippen molar-refractivity contribution in [3.63, 3.8) is 0 Å². The van der Waals surface area contributed by atoms with Crippen molar-refractivity contribution in [2.45, 2.75) is 45.8 Å². The molecule has 2 aromatic rings. The van der Waals surface area contributed by atoms with Gasteiger partial charge in [-0.1, -0.05) is 6.07 Å². The van der Waals surface area contributed by atoms with E-state index < -0.39 is 0 Å². The molecule has 1 aromatic heterocycles. The first-order valence-electron chi connectivity index (χ1n) is 9.39. The summed E-state index contributed by atoms with van der Waals surface area (Å²) in [4.78, 5) is 32.9. The quantitative estimate of drug-likeness (QED) is 0.834. The summed E-state index contributed by atoms with van der Waals surface area (Å²) in [6.45, 7) is 4.74. The molecule has 2 amide bonds. The third-order valence-electron chi connectivity index (χ3n) is 5.42. The van der Waals surface area contributed by atoms with Crippen molar-refractivity contribution in [3.8, 4) is 0 Å². The van der Waals surface area contributed by atoms with Crippen LogP contribution in [-0.4, -0.2) is 44.3 Å². The Morgan fingerprint density at radius 1 is 1.22 bits per heavy atom. The van der Waals surface area contributed by atoms with Crippen molar-refractivity contribution in [2.75, 3.05) is 13.1 Å². The molecule has 1 saturated heterocycles. The standard InChI is InChI=1S/C20H23FN4O2/c1-14-5-6-15(10-16(14)21)20(27)24-8-3-9-25-13-22-17(18(25)12-24)11-23-7-2-4-19(23)26/h5-6,10,13H,2-4,7-9,11-12H2,1H3. The van der Waals surface area contributed by atoms with Crippen LogP contribution in [-0.2, 0) is 24.4 Å². The molecule has 3 heterocycles. The molecule has 1 aromatic carbocycles. The van der Waals surface area contributed by atoms with Crippen molar-refractivity contribution in [3.05, 3.63) is 52.9 Å². The Morgan fingerprint density at radius 2 is 2.07 bits per heavy atom. The summed E-state index contributed by atoms with van der Waals surface area (Å²) in [5.41, 5.74) is 2.70. The maximum absolute atomic E-state index is 13.9. The van der Waals surface area contributed by atoms with Gasteiger partial charge in [0.1, 0.15) is 5.82 Å². The average molecular weight is 370 g/mol. The minimum atomic E-state index is -0.367. The number of fused-ring (bicyclic) bond motifs is 1. The van der Waals surface area contributed by atoms with E-state index in [1.807, 2.05) is 4.90 Å². The largest absolute Gasteiger partial charge is 0.337 e. The van der Waals surface area contributed by atoms with E-state index in [1.54, 1.807) is 30.3 Å². The topological polar surface area (TPSA) is 58.4 Å². The molecule has 0 atom stereocenters. The number of rotatable bonds is 3. The lowest BCUT2D eigenvalue weighted by Crippen LogP contribution is -2.31. The van der Waals surface area contributed by atoms with Crippen LogP contribution in [0.5, 0.6) is 0 Å². The summed E-state index contributed by atoms with van der Waals surface area (Å²) in [6, 6.07) is 4.62. The molecular weight excluding hydrogens is 347 g/mol. The van der Waals surface area contributed by atoms with Gasteiger partial charge < -0.3 is 14.4 Å². The van der Waals surface area contributed by atoms with Gasteiger partial charge in [-0.25, -0.2) is 9.37 Å². The van der Waals surface area contributed by atoms with Crippen molar-refractivity contribution in [1.82, 2.24) is 19.4 Å². The molecule has 27 heavy (non-hydrogen) atoms. The summed E-state index contributed by atoms with van der Waals surface area (Å²) in [7, 11) is 0. The summed E-state index contributed by atoms with van der Waals surface area (Å²) in [5.74, 6) is -0.380. The fraction of sp³-hybridized carbons (Fsp3) is 0.450. The van der Waals surface area contributed by atoms with E-state index in [0.717, 1.165) is 37.3 Å². The number of hydrogen-bond donors (Lipinski definition) is 0. The molecule has 0 aliphatic carbocycles. The third kappa shape index (κ3) is 3.46. The van der Waals surface area contributed by atoms with Crippen molar-refractivity contribution >= 4 is 11.8 Å². The predicted molar refractivity (Wildman–Crippen MR) is 97.4 cm³/mol. The van der Waals surface area contributed by atoms with Crippen molar-refractivity contribution in [2.24, 2.45) is 0 Å². The van der Waals surface area contributed by atoms with Crippen molar-refractivity contribution < 1.29 is 14.0 Å². The first-order valence-corrected chi connectivity index (χ1v) is 9.39. The van der Waals surface area contributed by atoms with Gasteiger partial charge in [-0.15, -0.1) is 0 Å². The molecule has 142 valence electrons. The smallest absolute Gasteiger partial charge is 0.254 e. The molecule has 1 fully saturated rings. The normalized spacial score (nSPS) is 17.2. The number of aromatic nitrogens is 2. The zero-order valence-electron chi connectivity index (χ0n) is 15.4. The molecule has 4 rings (SSSR count). The second kappa shape index (κ2) is 7.13. The monoisotopic (exact) mass is 370 g/mol. The SMILES string of the molecule is Cc1ccc(C(=O)N2CCCn3cnc(CN4CCCC4=O)c3C2)cc1F. The predicted octanol–water partition coefficient (Wildman–Crippen LogP) is 2.50. The second-order valence-corrected chi connectivity index (χ2v) is 7.29. The average Bonchev–Trinajstić information content (AvgIpc) is 3.16. The molecule has 0 saturated carbocycles. The van der Waals surface area contributed by atoms with Gasteiger partial charge in [0.2, 0.25) is 5.91 Å². The minimum Gasteiger partial charge on any atom is -0.337 e. The van der Waals surface area contributed by atoms with Gasteiger partial charge in [-0.05, 0) is 37.5 Å². The lowest BCUT2D eigenvalue weighted by Gasteiger charge is -2.22. The van der Waals surface area contributed by atoms with Crippen LogP contribution in [0.1, 0.15) is 46.6 Å². The lowest BCUT2D eigenvalue weighted by molar-refractivity contribution is -0.128. The third-order valence-corrected chi connectivity index (χ3v) is 5.42. The number of carbonyl (C=O) groups excluding carboxylic acids is 2. The number of halogens is 1. The number of carbonyl (C=O) groups is 2. The van der Waals surface area contributed by atoms with Gasteiger partial charge in [-0.2, -0.15) is 0 Å². The Balaban J connectivity index is 1.56. The number of hydrogen-bond acceptors (Lipinski definition) is 3. The van der Waals surface area contributed by atoms with E-state index in [9.17, 15) is 14.0 Å². The summed E-state index contributed by atoms with van der Waals surface area (Å²) < 4.78 is 16.0. The van der Waals surface area contributed by atoms with Gasteiger partial charge in [0.05, 0.1) is 30.8 Å². The summed E-state index contributed by atoms with van der Waals surface area (Å²) >= 11 is 0. The van der Waals surface area contributed by atoms with Gasteiger partial charge >= 0.3 is 0 Å². The first kappa shape index (κ1) is 17.7. The van der Waals surface area contributed by atoms with Crippen LogP contribution >= 0.6 is 0 Å². The zero-order valence-corrected chi connectivity index (χ0v) is 15.4. The van der Waals surface area contributed by atoms with Crippen LogP contribution in [0.15, 0.2) is 24.5 Å². The Bertz CT molecular complexity index is 892. The maximum atomic E-state index is 13.9. The van der Waals surface area contributed by atoms with E-state index in [2.05, 4.69) is 9.55 Å². The van der Waals surface area contributed by atoms with Gasteiger partial charge in [0.25, 0.3) is 5.91 Å². The fourth-order valence-electron chi connectivity index (χ4n) is 3.78. The molecule has 0 N–H and O–H groups in total. The van der Waals surface area contributed by atoms with Crippen LogP contribution in [0.2, 0.25) is 0 Å². The van der Waals surface area contributed by atoms with Crippen LogP contribution in [0.3, 0.4) is 0 Å². The summed E-state index contributed by atoms with van der Waals surface area (Å²) in [5, 5.41) is 0. The molecule has 2 aliphatic rings. The molecule has 7 heteroatoms. The second-order valence-electron chi connectivity index (χ2n) is 7.29. The Hall–Kier alpha value is -2.70. The number of benzene rings is 1. The highest BCUT2D eigenvalue weighted by Gasteiger charge is 2.26. The van der Waals surface area contributed by atoms with E-state index in [0.29, 0.717) is 37.2 Å². The van der Waals surface area contributed by atoms with E-state index in [4.69, 9.17) is 0 Å². The molecule has 0 radical (unpaired) electrons. The van der Waals surface area contributed by atoms with E-state index >= 15 is 0 Å². The highest BCUT2D eigenvalue weighted by molar-refractivity contribution is 5.94. The summed E-state index contributed by atoms with van der Waals surface area (Å²) in [6.07, 6.45) is 4.09. The van der Waals surface area contributed by atoms with Crippen LogP contribution in [0.4, 0.5) is 4.39 Å². The molecule has 0 unspecified atom stereocenters. The van der Waals surface area contributed by atoms with Crippen LogP contribution in [0, 0.1) is 12.7 Å². The highest BCUT2D eigenvalue weighted by Crippen LogP contribution is 2.22. The highest BCUT2D eigenvalue weighted by atomic mass is 19.1. The number of amides is 2. The molecule has 0 bridgehead atoms. The number of nitrogens with zero attached hydrogens (tertiary/aromatic N) is 4.